The largest absolute Gasteiger partial charge is 0.487 e. The minimum absolute atomic E-state index is 0.123. The maximum Gasteiger partial charge on any atom is 0.142 e. The van der Waals surface area contributed by atoms with Crippen LogP contribution in [0.25, 0.3) is 0 Å². The van der Waals surface area contributed by atoms with Gasteiger partial charge in [0.1, 0.15) is 18.2 Å². The molecule has 3 nitrogen and oxygen atoms in total. The van der Waals surface area contributed by atoms with Crippen LogP contribution in [-0.4, -0.2) is 0 Å². The van der Waals surface area contributed by atoms with Crippen molar-refractivity contribution in [1.82, 2.24) is 0 Å². The zero-order chi connectivity index (χ0) is 13.8. The lowest BCUT2D eigenvalue weighted by Crippen LogP contribution is -1.99. The number of nitrogens with two attached hydrogens (primary N) is 1. The van der Waals surface area contributed by atoms with Crippen LogP contribution in [0, 0.1) is 17.1 Å². The Morgan fingerprint density at radius 2 is 2.05 bits per heavy atom. The maximum absolute atomic E-state index is 13.2. The predicted molar refractivity (Wildman–Crippen MR) is 71.3 cm³/mol. The minimum atomic E-state index is -0.471. The molecule has 0 aliphatic heterocycles. The van der Waals surface area contributed by atoms with Gasteiger partial charge in [-0.25, -0.2) is 4.39 Å². The van der Waals surface area contributed by atoms with Crippen LogP contribution < -0.4 is 10.5 Å². The summed E-state index contributed by atoms with van der Waals surface area (Å²) in [6.45, 7) is 0.123. The van der Waals surface area contributed by atoms with Gasteiger partial charge in [-0.15, -0.1) is 0 Å². The van der Waals surface area contributed by atoms with Gasteiger partial charge in [-0.2, -0.15) is 5.26 Å². The summed E-state index contributed by atoms with van der Waals surface area (Å²) in [6.07, 6.45) is 0. The number of nitrogens with zero attached hydrogens (tertiary/aromatic N) is 1. The summed E-state index contributed by atoms with van der Waals surface area (Å²) in [5.41, 5.74) is 6.96. The molecule has 2 aromatic rings. The number of nitrogen functional groups attached to an aromatic ring is 1. The Labute approximate surface area is 115 Å². The first kappa shape index (κ1) is 13.2. The van der Waals surface area contributed by atoms with Crippen molar-refractivity contribution in [3.63, 3.8) is 0 Å². The van der Waals surface area contributed by atoms with Crippen LogP contribution in [0.15, 0.2) is 36.4 Å². The topological polar surface area (TPSA) is 59.0 Å². The fraction of sp³-hybridized carbons (Fsp3) is 0.0714. The number of anilines is 1. The fourth-order valence-electron chi connectivity index (χ4n) is 1.61. The number of rotatable bonds is 3. The quantitative estimate of drug-likeness (QED) is 0.873. The molecular formula is C14H10ClFN2O. The normalized spacial score (nSPS) is 9.95. The molecule has 19 heavy (non-hydrogen) atoms. The van der Waals surface area contributed by atoms with Gasteiger partial charge < -0.3 is 10.5 Å². The van der Waals surface area contributed by atoms with E-state index in [0.717, 1.165) is 0 Å². The van der Waals surface area contributed by atoms with Crippen LogP contribution in [0.3, 0.4) is 0 Å². The Kier molecular flexibility index (Phi) is 3.88. The molecule has 0 atom stereocenters. The van der Waals surface area contributed by atoms with Gasteiger partial charge in [-0.3, -0.25) is 0 Å². The molecule has 0 saturated carbocycles. The Hall–Kier alpha value is -2.25. The van der Waals surface area contributed by atoms with Crippen molar-refractivity contribution in [2.45, 2.75) is 6.61 Å². The zero-order valence-corrected chi connectivity index (χ0v) is 10.6. The Morgan fingerprint density at radius 1 is 1.26 bits per heavy atom. The van der Waals surface area contributed by atoms with Crippen LogP contribution in [0.5, 0.6) is 5.75 Å². The van der Waals surface area contributed by atoms with Crippen LogP contribution in [0.2, 0.25) is 5.02 Å². The lowest BCUT2D eigenvalue weighted by molar-refractivity contribution is 0.307. The highest BCUT2D eigenvalue weighted by Gasteiger charge is 2.04. The second kappa shape index (κ2) is 5.59. The first-order valence-electron chi connectivity index (χ1n) is 5.46. The number of ether oxygens (including phenoxy) is 1. The molecule has 0 unspecified atom stereocenters. The molecule has 5 heteroatoms. The second-order valence-corrected chi connectivity index (χ2v) is 4.37. The van der Waals surface area contributed by atoms with E-state index in [-0.39, 0.29) is 12.2 Å². The summed E-state index contributed by atoms with van der Waals surface area (Å²) in [7, 11) is 0. The molecule has 0 fully saturated rings. The third kappa shape index (κ3) is 3.36. The van der Waals surface area contributed by atoms with E-state index in [1.165, 1.54) is 12.1 Å². The van der Waals surface area contributed by atoms with Crippen LogP contribution in [0.4, 0.5) is 10.1 Å². The van der Waals surface area contributed by atoms with E-state index in [4.69, 9.17) is 27.3 Å². The van der Waals surface area contributed by atoms with Crippen molar-refractivity contribution in [3.05, 3.63) is 58.4 Å². The molecule has 0 bridgehead atoms. The fourth-order valence-corrected chi connectivity index (χ4v) is 1.79. The average Bonchev–Trinajstić information content (AvgIpc) is 2.37. The molecule has 0 heterocycles. The van der Waals surface area contributed by atoms with Gasteiger partial charge in [-0.05, 0) is 42.0 Å². The van der Waals surface area contributed by atoms with Crippen molar-refractivity contribution < 1.29 is 9.13 Å². The molecule has 0 radical (unpaired) electrons. The Morgan fingerprint density at radius 3 is 2.74 bits per heavy atom. The summed E-state index contributed by atoms with van der Waals surface area (Å²) >= 11 is 5.77. The molecule has 2 rings (SSSR count). The van der Waals surface area contributed by atoms with Crippen molar-refractivity contribution in [3.8, 4) is 11.8 Å². The lowest BCUT2D eigenvalue weighted by atomic mass is 10.1. The van der Waals surface area contributed by atoms with Gasteiger partial charge in [0, 0.05) is 5.02 Å². The van der Waals surface area contributed by atoms with E-state index in [0.29, 0.717) is 22.0 Å². The van der Waals surface area contributed by atoms with E-state index >= 15 is 0 Å². The third-order valence-corrected chi connectivity index (χ3v) is 2.69. The molecule has 2 N–H and O–H groups in total. The van der Waals surface area contributed by atoms with Crippen molar-refractivity contribution in [2.24, 2.45) is 0 Å². The highest BCUT2D eigenvalue weighted by molar-refractivity contribution is 6.30. The van der Waals surface area contributed by atoms with E-state index in [1.54, 1.807) is 24.3 Å². The number of hydrogen-bond donors (Lipinski definition) is 1. The monoisotopic (exact) mass is 276 g/mol. The molecule has 0 aromatic heterocycles. The predicted octanol–water partition coefficient (Wildman–Crippen LogP) is 3.51. The van der Waals surface area contributed by atoms with Gasteiger partial charge in [0.15, 0.2) is 0 Å². The lowest BCUT2D eigenvalue weighted by Gasteiger charge is -2.09. The van der Waals surface area contributed by atoms with E-state index in [2.05, 4.69) is 0 Å². The van der Waals surface area contributed by atoms with Gasteiger partial charge in [0.05, 0.1) is 17.3 Å². The van der Waals surface area contributed by atoms with Gasteiger partial charge in [0.25, 0.3) is 0 Å². The molecule has 0 amide bonds. The Bertz CT molecular complexity index is 652. The van der Waals surface area contributed by atoms with Crippen molar-refractivity contribution >= 4 is 17.3 Å². The van der Waals surface area contributed by atoms with Crippen LogP contribution in [0.1, 0.15) is 11.1 Å². The van der Waals surface area contributed by atoms with E-state index in [9.17, 15) is 4.39 Å². The summed E-state index contributed by atoms with van der Waals surface area (Å²) in [5.74, 6) is -0.00565. The molecular weight excluding hydrogens is 267 g/mol. The molecule has 0 spiro atoms. The second-order valence-electron chi connectivity index (χ2n) is 3.93. The van der Waals surface area contributed by atoms with Crippen molar-refractivity contribution in [2.75, 3.05) is 5.73 Å². The smallest absolute Gasteiger partial charge is 0.142 e. The summed E-state index contributed by atoms with van der Waals surface area (Å²) in [6, 6.07) is 10.8. The third-order valence-electron chi connectivity index (χ3n) is 2.45. The van der Waals surface area contributed by atoms with E-state index < -0.39 is 5.82 Å². The summed E-state index contributed by atoms with van der Waals surface area (Å²) in [4.78, 5) is 0. The van der Waals surface area contributed by atoms with E-state index in [1.807, 2.05) is 6.07 Å². The van der Waals surface area contributed by atoms with Crippen molar-refractivity contribution in [1.29, 1.82) is 5.26 Å². The first-order chi connectivity index (χ1) is 9.08. The number of nitriles is 1. The highest BCUT2D eigenvalue weighted by Crippen LogP contribution is 2.25. The molecule has 2 aromatic carbocycles. The standard InChI is InChI=1S/C14H10ClFN2O/c15-11-1-2-14(13(18)6-11)19-8-10-3-9(7-17)4-12(16)5-10/h1-6H,8,18H2. The molecule has 0 aliphatic rings. The molecule has 0 aliphatic carbocycles. The Balaban J connectivity index is 2.14. The van der Waals surface area contributed by atoms with Gasteiger partial charge >= 0.3 is 0 Å². The maximum atomic E-state index is 13.2. The zero-order valence-electron chi connectivity index (χ0n) is 9.86. The molecule has 0 saturated heterocycles. The van der Waals surface area contributed by atoms with Gasteiger partial charge in [-0.1, -0.05) is 11.6 Å². The first-order valence-corrected chi connectivity index (χ1v) is 5.83. The van der Waals surface area contributed by atoms with Gasteiger partial charge in [0.2, 0.25) is 0 Å². The van der Waals surface area contributed by atoms with Crippen LogP contribution >= 0.6 is 11.6 Å². The minimum Gasteiger partial charge on any atom is -0.487 e. The number of halogens is 2. The number of benzene rings is 2. The average molecular weight is 277 g/mol. The van der Waals surface area contributed by atoms with Crippen LogP contribution in [-0.2, 0) is 6.61 Å². The summed E-state index contributed by atoms with van der Waals surface area (Å²) < 4.78 is 18.7. The number of hydrogen-bond acceptors (Lipinski definition) is 3. The molecule has 96 valence electrons. The highest BCUT2D eigenvalue weighted by atomic mass is 35.5. The SMILES string of the molecule is N#Cc1cc(F)cc(COc2ccc(Cl)cc2N)c1. The summed E-state index contributed by atoms with van der Waals surface area (Å²) in [5, 5.41) is 9.27.